The number of hydrogen-bond acceptors (Lipinski definition) is 3. The van der Waals surface area contributed by atoms with E-state index in [4.69, 9.17) is 22.1 Å². The molecule has 0 aliphatic heterocycles. The first-order valence-electron chi connectivity index (χ1n) is 5.53. The zero-order chi connectivity index (χ0) is 13.8. The van der Waals surface area contributed by atoms with Crippen molar-refractivity contribution >= 4 is 23.3 Å². The fraction of sp³-hybridized carbons (Fsp3) is 0.0714. The molecule has 0 aromatic heterocycles. The SMILES string of the molecule is Nc1ccc(C(=O)OCc2cccc(Cl)c2F)cc1. The van der Waals surface area contributed by atoms with Crippen molar-refractivity contribution in [3.8, 4) is 0 Å². The molecular weight excluding hydrogens is 269 g/mol. The normalized spacial score (nSPS) is 10.2. The van der Waals surface area contributed by atoms with Crippen LogP contribution in [-0.4, -0.2) is 5.97 Å². The number of nitrogen functional groups attached to an aromatic ring is 1. The van der Waals surface area contributed by atoms with Gasteiger partial charge in [-0.15, -0.1) is 0 Å². The molecule has 19 heavy (non-hydrogen) atoms. The van der Waals surface area contributed by atoms with Crippen molar-refractivity contribution in [2.45, 2.75) is 6.61 Å². The summed E-state index contributed by atoms with van der Waals surface area (Å²) in [6, 6.07) is 10.8. The van der Waals surface area contributed by atoms with Crippen LogP contribution in [0.15, 0.2) is 42.5 Å². The van der Waals surface area contributed by atoms with Crippen LogP contribution in [0.5, 0.6) is 0 Å². The van der Waals surface area contributed by atoms with Crippen molar-refractivity contribution in [2.75, 3.05) is 5.73 Å². The van der Waals surface area contributed by atoms with Gasteiger partial charge in [0.2, 0.25) is 0 Å². The number of rotatable bonds is 3. The largest absolute Gasteiger partial charge is 0.457 e. The van der Waals surface area contributed by atoms with Gasteiger partial charge in [0.25, 0.3) is 0 Å². The van der Waals surface area contributed by atoms with E-state index in [0.717, 1.165) is 0 Å². The van der Waals surface area contributed by atoms with Crippen LogP contribution in [0.3, 0.4) is 0 Å². The number of carbonyl (C=O) groups is 1. The second-order valence-electron chi connectivity index (χ2n) is 3.91. The third kappa shape index (κ3) is 3.23. The van der Waals surface area contributed by atoms with Crippen LogP contribution in [-0.2, 0) is 11.3 Å². The van der Waals surface area contributed by atoms with Gasteiger partial charge in [-0.25, -0.2) is 9.18 Å². The standard InChI is InChI=1S/C14H11ClFNO2/c15-12-3-1-2-10(13(12)16)8-19-14(18)9-4-6-11(17)7-5-9/h1-7H,8,17H2. The maximum atomic E-state index is 13.6. The Bertz CT molecular complexity index is 599. The van der Waals surface area contributed by atoms with Crippen LogP contribution in [0, 0.1) is 5.82 Å². The summed E-state index contributed by atoms with van der Waals surface area (Å²) in [5.41, 5.74) is 6.66. The molecule has 2 N–H and O–H groups in total. The molecule has 0 spiro atoms. The van der Waals surface area contributed by atoms with Gasteiger partial charge in [0.15, 0.2) is 0 Å². The molecule has 0 aliphatic carbocycles. The molecule has 2 aromatic carbocycles. The van der Waals surface area contributed by atoms with E-state index >= 15 is 0 Å². The molecule has 0 amide bonds. The Morgan fingerprint density at radius 1 is 1.21 bits per heavy atom. The van der Waals surface area contributed by atoms with Crippen molar-refractivity contribution in [1.29, 1.82) is 0 Å². The predicted octanol–water partition coefficient (Wildman–Crippen LogP) is 3.42. The Morgan fingerprint density at radius 2 is 1.89 bits per heavy atom. The number of anilines is 1. The predicted molar refractivity (Wildman–Crippen MR) is 71.4 cm³/mol. The summed E-state index contributed by atoms with van der Waals surface area (Å²) in [7, 11) is 0. The highest BCUT2D eigenvalue weighted by atomic mass is 35.5. The zero-order valence-corrected chi connectivity index (χ0v) is 10.7. The molecule has 5 heteroatoms. The van der Waals surface area contributed by atoms with Gasteiger partial charge >= 0.3 is 5.97 Å². The maximum Gasteiger partial charge on any atom is 0.338 e. The third-order valence-corrected chi connectivity index (χ3v) is 2.83. The lowest BCUT2D eigenvalue weighted by atomic mass is 10.2. The second kappa shape index (κ2) is 5.71. The second-order valence-corrected chi connectivity index (χ2v) is 4.32. The number of hydrogen-bond donors (Lipinski definition) is 1. The summed E-state index contributed by atoms with van der Waals surface area (Å²) in [4.78, 5) is 11.7. The minimum Gasteiger partial charge on any atom is -0.457 e. The molecule has 2 rings (SSSR count). The van der Waals surface area contributed by atoms with E-state index in [1.807, 2.05) is 0 Å². The molecule has 0 radical (unpaired) electrons. The first kappa shape index (κ1) is 13.4. The fourth-order valence-corrected chi connectivity index (χ4v) is 1.70. The van der Waals surface area contributed by atoms with E-state index in [2.05, 4.69) is 0 Å². The van der Waals surface area contributed by atoms with Gasteiger partial charge in [-0.1, -0.05) is 23.7 Å². The van der Waals surface area contributed by atoms with E-state index in [9.17, 15) is 9.18 Å². The summed E-state index contributed by atoms with van der Waals surface area (Å²) in [6.07, 6.45) is 0. The molecule has 0 aliphatic rings. The number of esters is 1. The molecular formula is C14H11ClFNO2. The lowest BCUT2D eigenvalue weighted by Crippen LogP contribution is -2.06. The Morgan fingerprint density at radius 3 is 2.58 bits per heavy atom. The number of nitrogens with two attached hydrogens (primary N) is 1. The van der Waals surface area contributed by atoms with Crippen molar-refractivity contribution in [3.05, 3.63) is 64.4 Å². The molecule has 0 saturated carbocycles. The van der Waals surface area contributed by atoms with Crippen LogP contribution < -0.4 is 5.73 Å². The summed E-state index contributed by atoms with van der Waals surface area (Å²) >= 11 is 5.63. The number of carbonyl (C=O) groups excluding carboxylic acids is 1. The van der Waals surface area contributed by atoms with Crippen LogP contribution in [0.1, 0.15) is 15.9 Å². The van der Waals surface area contributed by atoms with Crippen LogP contribution >= 0.6 is 11.6 Å². The van der Waals surface area contributed by atoms with Crippen molar-refractivity contribution < 1.29 is 13.9 Å². The summed E-state index contributed by atoms with van der Waals surface area (Å²) < 4.78 is 18.6. The van der Waals surface area contributed by atoms with E-state index < -0.39 is 11.8 Å². The topological polar surface area (TPSA) is 52.3 Å². The highest BCUT2D eigenvalue weighted by Crippen LogP contribution is 2.19. The lowest BCUT2D eigenvalue weighted by Gasteiger charge is -2.07. The minimum atomic E-state index is -0.575. The first-order valence-corrected chi connectivity index (χ1v) is 5.91. The van der Waals surface area contributed by atoms with Crippen molar-refractivity contribution in [2.24, 2.45) is 0 Å². The van der Waals surface area contributed by atoms with E-state index in [-0.39, 0.29) is 17.2 Å². The van der Waals surface area contributed by atoms with Crippen molar-refractivity contribution in [1.82, 2.24) is 0 Å². The van der Waals surface area contributed by atoms with Gasteiger partial charge in [0.05, 0.1) is 10.6 Å². The van der Waals surface area contributed by atoms with Gasteiger partial charge in [-0.2, -0.15) is 0 Å². The smallest absolute Gasteiger partial charge is 0.338 e. The molecule has 0 atom stereocenters. The molecule has 98 valence electrons. The Labute approximate surface area is 114 Å². The number of ether oxygens (including phenoxy) is 1. The Hall–Kier alpha value is -2.07. The molecule has 2 aromatic rings. The molecule has 0 bridgehead atoms. The van der Waals surface area contributed by atoms with Crippen LogP contribution in [0.4, 0.5) is 10.1 Å². The fourth-order valence-electron chi connectivity index (χ4n) is 1.51. The first-order chi connectivity index (χ1) is 9.08. The molecule has 0 unspecified atom stereocenters. The van der Waals surface area contributed by atoms with E-state index in [0.29, 0.717) is 11.3 Å². The quantitative estimate of drug-likeness (QED) is 0.692. The average Bonchev–Trinajstić information content (AvgIpc) is 2.41. The third-order valence-electron chi connectivity index (χ3n) is 2.54. The van der Waals surface area contributed by atoms with Gasteiger partial charge in [0.1, 0.15) is 12.4 Å². The monoisotopic (exact) mass is 279 g/mol. The van der Waals surface area contributed by atoms with E-state index in [1.54, 1.807) is 30.3 Å². The van der Waals surface area contributed by atoms with Gasteiger partial charge in [0, 0.05) is 11.3 Å². The highest BCUT2D eigenvalue weighted by molar-refractivity contribution is 6.30. The average molecular weight is 280 g/mol. The summed E-state index contributed by atoms with van der Waals surface area (Å²) in [5, 5.41) is 0.000957. The Kier molecular flexibility index (Phi) is 4.02. The van der Waals surface area contributed by atoms with Crippen LogP contribution in [0.25, 0.3) is 0 Å². The molecule has 0 fully saturated rings. The maximum absolute atomic E-state index is 13.6. The van der Waals surface area contributed by atoms with Crippen molar-refractivity contribution in [3.63, 3.8) is 0 Å². The molecule has 3 nitrogen and oxygen atoms in total. The van der Waals surface area contributed by atoms with Gasteiger partial charge in [-0.3, -0.25) is 0 Å². The molecule has 0 heterocycles. The van der Waals surface area contributed by atoms with Gasteiger partial charge < -0.3 is 10.5 Å². The summed E-state index contributed by atoms with van der Waals surface area (Å²) in [6.45, 7) is -0.171. The number of benzene rings is 2. The minimum absolute atomic E-state index is 0.000957. The zero-order valence-electron chi connectivity index (χ0n) is 9.90. The van der Waals surface area contributed by atoms with Gasteiger partial charge in [-0.05, 0) is 30.3 Å². The van der Waals surface area contributed by atoms with Crippen LogP contribution in [0.2, 0.25) is 5.02 Å². The highest BCUT2D eigenvalue weighted by Gasteiger charge is 2.10. The molecule has 0 saturated heterocycles. The summed E-state index contributed by atoms with van der Waals surface area (Å²) in [5.74, 6) is -1.12. The Balaban J connectivity index is 2.04. The lowest BCUT2D eigenvalue weighted by molar-refractivity contribution is 0.0469. The number of halogens is 2. The van der Waals surface area contributed by atoms with E-state index in [1.165, 1.54) is 12.1 Å².